The molecule has 0 heterocycles. The van der Waals surface area contributed by atoms with Crippen molar-refractivity contribution in [2.45, 2.75) is 6.18 Å². The summed E-state index contributed by atoms with van der Waals surface area (Å²) in [4.78, 5) is 0. The van der Waals surface area contributed by atoms with E-state index in [0.29, 0.717) is 6.07 Å². The van der Waals surface area contributed by atoms with Crippen LogP contribution in [0.5, 0.6) is 0 Å². The Morgan fingerprint density at radius 2 is 1.46 bits per heavy atom. The lowest BCUT2D eigenvalue weighted by atomic mass is 10.2. The molecule has 13 heavy (non-hydrogen) atoms. The van der Waals surface area contributed by atoms with Crippen molar-refractivity contribution in [3.63, 3.8) is 0 Å². The van der Waals surface area contributed by atoms with Crippen molar-refractivity contribution in [1.29, 1.82) is 0 Å². The van der Waals surface area contributed by atoms with E-state index in [9.17, 15) is 22.0 Å². The van der Waals surface area contributed by atoms with Gasteiger partial charge in [-0.15, -0.1) is 0 Å². The molecule has 72 valence electrons. The molecule has 0 saturated heterocycles. The number of rotatable bonds is 0. The first-order valence-electron chi connectivity index (χ1n) is 3.04. The van der Waals surface area contributed by atoms with Crippen LogP contribution in [0.3, 0.4) is 0 Å². The fraction of sp³-hybridized carbons (Fsp3) is 0.143. The lowest BCUT2D eigenvalue weighted by Crippen LogP contribution is -2.07. The normalized spacial score (nSPS) is 11.8. The van der Waals surface area contributed by atoms with Crippen molar-refractivity contribution in [3.8, 4) is 0 Å². The molecule has 0 spiro atoms. The zero-order chi connectivity index (χ0) is 10.2. The molecule has 0 aliphatic carbocycles. The van der Waals surface area contributed by atoms with E-state index in [2.05, 4.69) is 0 Å². The van der Waals surface area contributed by atoms with Crippen molar-refractivity contribution >= 4 is 11.6 Å². The first-order valence-corrected chi connectivity index (χ1v) is 3.42. The topological polar surface area (TPSA) is 0 Å². The molecule has 0 radical (unpaired) electrons. The van der Waals surface area contributed by atoms with Gasteiger partial charge in [-0.2, -0.15) is 13.2 Å². The molecule has 0 fully saturated rings. The quantitative estimate of drug-likeness (QED) is 0.459. The Morgan fingerprint density at radius 1 is 1.00 bits per heavy atom. The van der Waals surface area contributed by atoms with Gasteiger partial charge < -0.3 is 0 Å². The van der Waals surface area contributed by atoms with Crippen LogP contribution in [-0.4, -0.2) is 0 Å². The van der Waals surface area contributed by atoms with E-state index >= 15 is 0 Å². The van der Waals surface area contributed by atoms with Gasteiger partial charge in [0.2, 0.25) is 0 Å². The molecule has 1 aromatic carbocycles. The zero-order valence-corrected chi connectivity index (χ0v) is 6.68. The fourth-order valence-electron chi connectivity index (χ4n) is 0.740. The maximum absolute atomic E-state index is 12.4. The second-order valence-electron chi connectivity index (χ2n) is 2.24. The maximum Gasteiger partial charge on any atom is 0.417 e. The van der Waals surface area contributed by atoms with E-state index in [1.165, 1.54) is 0 Å². The summed E-state index contributed by atoms with van der Waals surface area (Å²) < 4.78 is 60.6. The summed E-state index contributed by atoms with van der Waals surface area (Å²) in [6, 6.07) is 0.317. The van der Waals surface area contributed by atoms with E-state index in [-0.39, 0.29) is 6.07 Å². The van der Waals surface area contributed by atoms with Crippen molar-refractivity contribution in [2.75, 3.05) is 0 Å². The molecule has 0 saturated carbocycles. The summed E-state index contributed by atoms with van der Waals surface area (Å²) in [6.45, 7) is 0. The van der Waals surface area contributed by atoms with E-state index < -0.39 is 28.4 Å². The summed E-state index contributed by atoms with van der Waals surface area (Å²) in [5.41, 5.74) is -1.38. The van der Waals surface area contributed by atoms with Crippen LogP contribution in [0.1, 0.15) is 5.56 Å². The number of halogens is 6. The molecule has 1 rings (SSSR count). The van der Waals surface area contributed by atoms with E-state index in [1.807, 2.05) is 0 Å². The Morgan fingerprint density at radius 3 is 1.92 bits per heavy atom. The van der Waals surface area contributed by atoms with Crippen LogP contribution in [0.25, 0.3) is 0 Å². The lowest BCUT2D eigenvalue weighted by molar-refractivity contribution is -0.137. The monoisotopic (exact) mass is 216 g/mol. The molecular formula is C7H2ClF5. The van der Waals surface area contributed by atoms with E-state index in [4.69, 9.17) is 11.6 Å². The third kappa shape index (κ3) is 2.09. The Labute approximate surface area is 74.9 Å². The molecule has 0 N–H and O–H groups in total. The molecule has 0 aromatic heterocycles. The molecule has 0 unspecified atom stereocenters. The van der Waals surface area contributed by atoms with Crippen LogP contribution in [0, 0.1) is 11.6 Å². The van der Waals surface area contributed by atoms with Crippen LogP contribution in [0.4, 0.5) is 22.0 Å². The van der Waals surface area contributed by atoms with Gasteiger partial charge in [-0.1, -0.05) is 11.6 Å². The smallest absolute Gasteiger partial charge is 0.204 e. The molecule has 0 atom stereocenters. The van der Waals surface area contributed by atoms with Gasteiger partial charge in [0.25, 0.3) is 0 Å². The molecule has 0 bridgehead atoms. The Bertz CT molecular complexity index is 330. The fourth-order valence-corrected chi connectivity index (χ4v) is 0.997. The zero-order valence-electron chi connectivity index (χ0n) is 5.92. The second-order valence-corrected chi connectivity index (χ2v) is 2.65. The third-order valence-electron chi connectivity index (χ3n) is 1.32. The summed E-state index contributed by atoms with van der Waals surface area (Å²) in [7, 11) is 0. The van der Waals surface area contributed by atoms with Crippen molar-refractivity contribution in [1.82, 2.24) is 0 Å². The number of hydrogen-bond acceptors (Lipinski definition) is 0. The molecule has 0 aliphatic rings. The molecule has 6 heteroatoms. The molecule has 0 aliphatic heterocycles. The van der Waals surface area contributed by atoms with Gasteiger partial charge in [0, 0.05) is 0 Å². The Hall–Kier alpha value is -0.840. The first-order chi connectivity index (χ1) is 5.82. The average Bonchev–Trinajstić information content (AvgIpc) is 1.94. The second kappa shape index (κ2) is 3.14. The predicted octanol–water partition coefficient (Wildman–Crippen LogP) is 3.64. The summed E-state index contributed by atoms with van der Waals surface area (Å²) in [5.74, 6) is -2.98. The standard InChI is InChI=1S/C7H2ClF5/c8-4-2-6(10)5(9)1-3(4)7(11,12)13/h1-2H. The highest BCUT2D eigenvalue weighted by molar-refractivity contribution is 6.31. The highest BCUT2D eigenvalue weighted by Crippen LogP contribution is 2.35. The van der Waals surface area contributed by atoms with Gasteiger partial charge in [0.1, 0.15) is 0 Å². The van der Waals surface area contributed by atoms with Gasteiger partial charge in [-0.3, -0.25) is 0 Å². The van der Waals surface area contributed by atoms with Crippen LogP contribution in [0.15, 0.2) is 12.1 Å². The minimum atomic E-state index is -4.77. The molecule has 0 amide bonds. The molecule has 1 aromatic rings. The largest absolute Gasteiger partial charge is 0.417 e. The van der Waals surface area contributed by atoms with Crippen molar-refractivity contribution in [2.24, 2.45) is 0 Å². The minimum Gasteiger partial charge on any atom is -0.204 e. The van der Waals surface area contributed by atoms with Gasteiger partial charge in [-0.25, -0.2) is 8.78 Å². The third-order valence-corrected chi connectivity index (χ3v) is 1.63. The van der Waals surface area contributed by atoms with E-state index in [0.717, 1.165) is 0 Å². The summed E-state index contributed by atoms with van der Waals surface area (Å²) in [5, 5.41) is -0.855. The van der Waals surface area contributed by atoms with Crippen LogP contribution < -0.4 is 0 Å². The van der Waals surface area contributed by atoms with E-state index in [1.54, 1.807) is 0 Å². The van der Waals surface area contributed by atoms with Crippen molar-refractivity contribution in [3.05, 3.63) is 34.4 Å². The minimum absolute atomic E-state index is 0.0255. The molecule has 0 nitrogen and oxygen atoms in total. The Kier molecular flexibility index (Phi) is 2.47. The van der Waals surface area contributed by atoms with Gasteiger partial charge in [0.15, 0.2) is 11.6 Å². The number of hydrogen-bond donors (Lipinski definition) is 0. The highest BCUT2D eigenvalue weighted by Gasteiger charge is 2.34. The predicted molar refractivity (Wildman–Crippen MR) is 36.4 cm³/mol. The van der Waals surface area contributed by atoms with Gasteiger partial charge in [-0.05, 0) is 12.1 Å². The summed E-state index contributed by atoms with van der Waals surface area (Å²) in [6.07, 6.45) is -4.77. The first kappa shape index (κ1) is 10.2. The summed E-state index contributed by atoms with van der Waals surface area (Å²) >= 11 is 5.06. The highest BCUT2D eigenvalue weighted by atomic mass is 35.5. The molecular weight excluding hydrogens is 215 g/mol. The van der Waals surface area contributed by atoms with Gasteiger partial charge >= 0.3 is 6.18 Å². The number of alkyl halides is 3. The maximum atomic E-state index is 12.4. The van der Waals surface area contributed by atoms with Crippen LogP contribution >= 0.6 is 11.6 Å². The number of benzene rings is 1. The SMILES string of the molecule is Fc1cc(Cl)c(C(F)(F)F)cc1F. The van der Waals surface area contributed by atoms with Crippen molar-refractivity contribution < 1.29 is 22.0 Å². The Balaban J connectivity index is 3.32. The van der Waals surface area contributed by atoms with Crippen LogP contribution in [0.2, 0.25) is 5.02 Å². The van der Waals surface area contributed by atoms with Crippen LogP contribution in [-0.2, 0) is 6.18 Å². The average molecular weight is 217 g/mol. The van der Waals surface area contributed by atoms with Gasteiger partial charge in [0.05, 0.1) is 10.6 Å². The lowest BCUT2D eigenvalue weighted by Gasteiger charge is -2.08.